The zero-order valence-electron chi connectivity index (χ0n) is 15.4. The Balaban J connectivity index is 1.67. The van der Waals surface area contributed by atoms with Crippen LogP contribution in [0.1, 0.15) is 11.4 Å². The molecule has 0 aliphatic heterocycles. The Morgan fingerprint density at radius 1 is 1.00 bits per heavy atom. The third-order valence-electron chi connectivity index (χ3n) is 4.46. The van der Waals surface area contributed by atoms with Gasteiger partial charge in [-0.25, -0.2) is 13.9 Å². The number of rotatable bonds is 5. The molecular formula is C22H17Cl2N3OS. The van der Waals surface area contributed by atoms with Crippen LogP contribution >= 0.6 is 23.2 Å². The van der Waals surface area contributed by atoms with Crippen molar-refractivity contribution in [3.05, 3.63) is 82.1 Å². The van der Waals surface area contributed by atoms with Gasteiger partial charge in [-0.2, -0.15) is 0 Å². The monoisotopic (exact) mass is 441 g/mol. The number of fused-ring (bicyclic) bond motifs is 1. The van der Waals surface area contributed by atoms with Crippen molar-refractivity contribution in [3.8, 4) is 11.1 Å². The molecule has 0 radical (unpaired) electrons. The molecule has 0 amide bonds. The van der Waals surface area contributed by atoms with E-state index < -0.39 is 11.0 Å². The first-order chi connectivity index (χ1) is 14.0. The highest BCUT2D eigenvalue weighted by Crippen LogP contribution is 2.28. The number of nitrogens with zero attached hydrogens (tertiary/aromatic N) is 1. The number of H-pyrrole nitrogens is 1. The van der Waals surface area contributed by atoms with Crippen LogP contribution in [0.15, 0.2) is 65.6 Å². The van der Waals surface area contributed by atoms with Gasteiger partial charge in [0.05, 0.1) is 26.0 Å². The Bertz CT molecular complexity index is 1250. The number of aromatic nitrogens is 2. The maximum atomic E-state index is 12.3. The largest absolute Gasteiger partial charge is 0.338 e. The summed E-state index contributed by atoms with van der Waals surface area (Å²) in [6.45, 7) is 0. The molecule has 4 aromatic rings. The highest BCUT2D eigenvalue weighted by molar-refractivity contribution is 7.83. The molecule has 3 aromatic carbocycles. The molecule has 0 aliphatic carbocycles. The lowest BCUT2D eigenvalue weighted by atomic mass is 10.1. The third-order valence-corrected chi connectivity index (χ3v) is 6.33. The van der Waals surface area contributed by atoms with Gasteiger partial charge in [-0.1, -0.05) is 59.6 Å². The summed E-state index contributed by atoms with van der Waals surface area (Å²) in [4.78, 5) is 8.66. The van der Waals surface area contributed by atoms with Crippen LogP contribution in [-0.2, 0) is 11.0 Å². The zero-order chi connectivity index (χ0) is 20.4. The van der Waals surface area contributed by atoms with Gasteiger partial charge in [0.2, 0.25) is 0 Å². The second-order valence-electron chi connectivity index (χ2n) is 6.33. The molecule has 29 heavy (non-hydrogen) atoms. The summed E-state index contributed by atoms with van der Waals surface area (Å²) in [7, 11) is 0.412. The van der Waals surface area contributed by atoms with Crippen molar-refractivity contribution < 1.29 is 4.21 Å². The summed E-state index contributed by atoms with van der Waals surface area (Å²) >= 11 is 12.0. The molecule has 4 nitrogen and oxygen atoms in total. The van der Waals surface area contributed by atoms with Crippen molar-refractivity contribution in [1.29, 1.82) is 0 Å². The Labute approximate surface area is 181 Å². The first kappa shape index (κ1) is 19.9. The molecule has 1 aromatic heterocycles. The molecule has 0 bridgehead atoms. The van der Waals surface area contributed by atoms with Crippen LogP contribution in [0.4, 0.5) is 0 Å². The lowest BCUT2D eigenvalue weighted by Gasteiger charge is -2.08. The topological polar surface area (TPSA) is 57.8 Å². The molecule has 0 saturated carbocycles. The van der Waals surface area contributed by atoms with Crippen molar-refractivity contribution in [2.75, 3.05) is 7.05 Å². The van der Waals surface area contributed by atoms with Gasteiger partial charge in [0.1, 0.15) is 16.8 Å². The quantitative estimate of drug-likeness (QED) is 0.401. The van der Waals surface area contributed by atoms with Crippen LogP contribution in [0.3, 0.4) is 0 Å². The van der Waals surface area contributed by atoms with Crippen LogP contribution in [-0.4, -0.2) is 21.2 Å². The summed E-state index contributed by atoms with van der Waals surface area (Å²) in [5.74, 6) is 0.732. The van der Waals surface area contributed by atoms with E-state index in [1.807, 2.05) is 60.7 Å². The second-order valence-corrected chi connectivity index (χ2v) is 8.53. The predicted molar refractivity (Wildman–Crippen MR) is 122 cm³/mol. The molecule has 0 saturated heterocycles. The first-order valence-electron chi connectivity index (χ1n) is 8.86. The van der Waals surface area contributed by atoms with E-state index in [0.29, 0.717) is 10.0 Å². The third kappa shape index (κ3) is 4.28. The van der Waals surface area contributed by atoms with Crippen LogP contribution < -0.4 is 4.72 Å². The normalized spacial score (nSPS) is 12.7. The Morgan fingerprint density at radius 2 is 1.83 bits per heavy atom. The van der Waals surface area contributed by atoms with Crippen molar-refractivity contribution in [3.63, 3.8) is 0 Å². The van der Waals surface area contributed by atoms with Crippen LogP contribution in [0.2, 0.25) is 10.0 Å². The minimum atomic E-state index is -1.27. The average Bonchev–Trinajstić information content (AvgIpc) is 3.16. The number of benzene rings is 3. The molecule has 146 valence electrons. The molecule has 0 spiro atoms. The summed E-state index contributed by atoms with van der Waals surface area (Å²) in [6, 6.07) is 19.1. The molecule has 1 heterocycles. The molecule has 2 N–H and O–H groups in total. The molecule has 0 fully saturated rings. The summed E-state index contributed by atoms with van der Waals surface area (Å²) in [5.41, 5.74) is 4.59. The summed E-state index contributed by atoms with van der Waals surface area (Å²) in [5, 5.41) is 1.04. The van der Waals surface area contributed by atoms with E-state index in [4.69, 9.17) is 23.2 Å². The van der Waals surface area contributed by atoms with Crippen LogP contribution in [0.5, 0.6) is 0 Å². The number of aromatic amines is 1. The van der Waals surface area contributed by atoms with E-state index in [2.05, 4.69) is 14.7 Å². The van der Waals surface area contributed by atoms with Crippen molar-refractivity contribution in [1.82, 2.24) is 14.7 Å². The second kappa shape index (κ2) is 8.51. The van der Waals surface area contributed by atoms with E-state index in [1.165, 1.54) is 0 Å². The highest BCUT2D eigenvalue weighted by atomic mass is 35.5. The van der Waals surface area contributed by atoms with Gasteiger partial charge in [-0.05, 0) is 60.1 Å². The van der Waals surface area contributed by atoms with E-state index in [0.717, 1.165) is 38.4 Å². The lowest BCUT2D eigenvalue weighted by molar-refractivity contribution is 0.678. The lowest BCUT2D eigenvalue weighted by Crippen LogP contribution is -2.11. The van der Waals surface area contributed by atoms with Crippen molar-refractivity contribution in [2.24, 2.45) is 0 Å². The van der Waals surface area contributed by atoms with E-state index >= 15 is 0 Å². The fraction of sp³-hybridized carbons (Fsp3) is 0.0455. The predicted octanol–water partition coefficient (Wildman–Crippen LogP) is 5.95. The first-order valence-corrected chi connectivity index (χ1v) is 10.8. The fourth-order valence-electron chi connectivity index (χ4n) is 3.04. The summed E-state index contributed by atoms with van der Waals surface area (Å²) in [6.07, 6.45) is 3.81. The van der Waals surface area contributed by atoms with E-state index in [9.17, 15) is 4.21 Å². The maximum Gasteiger partial charge on any atom is 0.131 e. The van der Waals surface area contributed by atoms with Gasteiger partial charge in [0.25, 0.3) is 0 Å². The fourth-order valence-corrected chi connectivity index (χ4v) is 4.16. The molecule has 7 heteroatoms. The number of nitrogens with one attached hydrogen (secondary N) is 2. The standard InChI is InChI=1S/C22H17Cl2N3OS/c1-25-29(28)21-5-3-2-4-16(21)15-8-10-19-20(13-15)27-22(26-19)11-7-14-6-9-17(23)18(24)12-14/h2-13,25H,1H3,(H,26,27)/b11-7+. The highest BCUT2D eigenvalue weighted by Gasteiger charge is 2.11. The van der Waals surface area contributed by atoms with Gasteiger partial charge < -0.3 is 4.98 Å². The van der Waals surface area contributed by atoms with Gasteiger partial charge in [0, 0.05) is 0 Å². The number of halogens is 2. The van der Waals surface area contributed by atoms with Gasteiger partial charge in [-0.3, -0.25) is 0 Å². The van der Waals surface area contributed by atoms with Gasteiger partial charge in [-0.15, -0.1) is 0 Å². The summed E-state index contributed by atoms with van der Waals surface area (Å²) < 4.78 is 15.1. The number of hydrogen-bond donors (Lipinski definition) is 2. The van der Waals surface area contributed by atoms with Crippen LogP contribution in [0.25, 0.3) is 34.3 Å². The van der Waals surface area contributed by atoms with E-state index in [-0.39, 0.29) is 0 Å². The minimum Gasteiger partial charge on any atom is -0.338 e. The SMILES string of the molecule is CNS(=O)c1ccccc1-c1ccc2nc(/C=C/c3ccc(Cl)c(Cl)c3)[nH]c2c1. The van der Waals surface area contributed by atoms with Crippen molar-refractivity contribution in [2.45, 2.75) is 4.90 Å². The van der Waals surface area contributed by atoms with Crippen molar-refractivity contribution >= 4 is 57.4 Å². The van der Waals surface area contributed by atoms with Crippen LogP contribution in [0, 0.1) is 0 Å². The molecular weight excluding hydrogens is 425 g/mol. The van der Waals surface area contributed by atoms with Gasteiger partial charge >= 0.3 is 0 Å². The van der Waals surface area contributed by atoms with Gasteiger partial charge in [0.15, 0.2) is 0 Å². The molecule has 4 rings (SSSR count). The number of hydrogen-bond acceptors (Lipinski definition) is 2. The zero-order valence-corrected chi connectivity index (χ0v) is 17.8. The molecule has 1 unspecified atom stereocenters. The van der Waals surface area contributed by atoms with E-state index in [1.54, 1.807) is 19.2 Å². The molecule has 1 atom stereocenters. The smallest absolute Gasteiger partial charge is 0.131 e. The Morgan fingerprint density at radius 3 is 2.62 bits per heavy atom. The average molecular weight is 442 g/mol. The Kier molecular flexibility index (Phi) is 5.83. The molecule has 0 aliphatic rings. The maximum absolute atomic E-state index is 12.3. The number of imidazole rings is 1. The minimum absolute atomic E-state index is 0.515. The Hall–Kier alpha value is -2.44.